The Labute approximate surface area is 152 Å². The lowest BCUT2D eigenvalue weighted by molar-refractivity contribution is 0.0724. The maximum atomic E-state index is 12.7. The minimum atomic E-state index is -2.45. The van der Waals surface area contributed by atoms with E-state index < -0.39 is 10.6 Å². The summed E-state index contributed by atoms with van der Waals surface area (Å²) in [5.74, 6) is 0.331. The number of aromatic nitrogens is 1. The zero-order chi connectivity index (χ0) is 17.6. The summed E-state index contributed by atoms with van der Waals surface area (Å²) in [5.41, 5.74) is 0.367. The van der Waals surface area contributed by atoms with Gasteiger partial charge in [-0.05, 0) is 38.5 Å². The van der Waals surface area contributed by atoms with Gasteiger partial charge in [0.05, 0.1) is 0 Å². The number of nitrogens with one attached hydrogen (secondary N) is 1. The fourth-order valence-corrected chi connectivity index (χ4v) is 6.37. The highest BCUT2D eigenvalue weighted by Crippen LogP contribution is 2.44. The summed E-state index contributed by atoms with van der Waals surface area (Å²) in [6.07, 6.45) is 5.43. The van der Waals surface area contributed by atoms with Crippen LogP contribution in [-0.4, -0.2) is 60.4 Å². The van der Waals surface area contributed by atoms with Crippen molar-refractivity contribution in [2.75, 3.05) is 11.5 Å². The molecule has 0 radical (unpaired) electrons. The maximum Gasteiger partial charge on any atom is 0.280 e. The van der Waals surface area contributed by atoms with E-state index in [1.807, 2.05) is 4.90 Å². The molecule has 4 heterocycles. The van der Waals surface area contributed by atoms with Crippen LogP contribution in [0.5, 0.6) is 0 Å². The van der Waals surface area contributed by atoms with Gasteiger partial charge in [-0.3, -0.25) is 18.7 Å². The number of thiazole rings is 1. The first-order valence-corrected chi connectivity index (χ1v) is 11.5. The van der Waals surface area contributed by atoms with Gasteiger partial charge in [-0.1, -0.05) is 0 Å². The van der Waals surface area contributed by atoms with Gasteiger partial charge < -0.3 is 10.2 Å². The van der Waals surface area contributed by atoms with Crippen LogP contribution in [0.4, 0.5) is 0 Å². The van der Waals surface area contributed by atoms with E-state index in [1.54, 1.807) is 5.38 Å². The van der Waals surface area contributed by atoms with E-state index in [4.69, 9.17) is 0 Å². The quantitative estimate of drug-likeness (QED) is 0.742. The standard InChI is InChI=1S/C16H23N3O4S2/c20-14(17-10-5-7-25(22,23)8-6-10)15-18-13(9-24-15)16(21)19-11-1-2-12(19)4-3-11/h9-12,22-23H,1-8H2,(H,17,20). The second kappa shape index (κ2) is 6.53. The molecule has 2 amide bonds. The Morgan fingerprint density at radius 2 is 1.72 bits per heavy atom. The average Bonchev–Trinajstić information content (AvgIpc) is 3.31. The van der Waals surface area contributed by atoms with Crippen molar-refractivity contribution in [2.45, 2.75) is 56.7 Å². The van der Waals surface area contributed by atoms with E-state index >= 15 is 0 Å². The molecule has 0 atom stereocenters. The van der Waals surface area contributed by atoms with Crippen LogP contribution in [0, 0.1) is 0 Å². The van der Waals surface area contributed by atoms with E-state index in [-0.39, 0.29) is 17.9 Å². The van der Waals surface area contributed by atoms with Crippen LogP contribution >= 0.6 is 21.9 Å². The Hall–Kier alpha value is -1.16. The first-order chi connectivity index (χ1) is 11.9. The number of rotatable bonds is 3. The molecule has 3 aliphatic rings. The van der Waals surface area contributed by atoms with E-state index in [9.17, 15) is 18.7 Å². The van der Waals surface area contributed by atoms with Crippen LogP contribution in [-0.2, 0) is 0 Å². The van der Waals surface area contributed by atoms with Crippen molar-refractivity contribution >= 4 is 33.7 Å². The van der Waals surface area contributed by atoms with Crippen molar-refractivity contribution in [1.82, 2.24) is 15.2 Å². The lowest BCUT2D eigenvalue weighted by atomic mass is 10.0. The zero-order valence-electron chi connectivity index (χ0n) is 13.9. The molecule has 2 bridgehead atoms. The van der Waals surface area contributed by atoms with Crippen molar-refractivity contribution in [3.63, 3.8) is 0 Å². The minimum Gasteiger partial charge on any atom is -0.347 e. The van der Waals surface area contributed by atoms with Gasteiger partial charge in [-0.2, -0.15) is 10.6 Å². The molecule has 1 aromatic heterocycles. The highest BCUT2D eigenvalue weighted by atomic mass is 32.3. The van der Waals surface area contributed by atoms with Crippen molar-refractivity contribution in [3.05, 3.63) is 16.1 Å². The molecular formula is C16H23N3O4S2. The summed E-state index contributed by atoms with van der Waals surface area (Å²) >= 11 is 1.19. The Bertz CT molecular complexity index is 663. The Balaban J connectivity index is 1.38. The Kier molecular flexibility index (Phi) is 4.51. The molecule has 0 aliphatic carbocycles. The minimum absolute atomic E-state index is 0.0492. The molecule has 9 heteroatoms. The summed E-state index contributed by atoms with van der Waals surface area (Å²) in [4.78, 5) is 31.3. The largest absolute Gasteiger partial charge is 0.347 e. The zero-order valence-corrected chi connectivity index (χ0v) is 15.5. The predicted octanol–water partition coefficient (Wildman–Crippen LogP) is 2.55. The van der Waals surface area contributed by atoms with Crippen molar-refractivity contribution in [2.24, 2.45) is 0 Å². The monoisotopic (exact) mass is 385 g/mol. The number of amides is 2. The molecule has 0 saturated carbocycles. The number of hydrogen-bond acceptors (Lipinski definition) is 6. The third-order valence-corrected chi connectivity index (χ3v) is 8.15. The third-order valence-electron chi connectivity index (χ3n) is 5.53. The number of carbonyl (C=O) groups excluding carboxylic acids is 2. The van der Waals surface area contributed by atoms with Crippen LogP contribution in [0.25, 0.3) is 0 Å². The maximum absolute atomic E-state index is 12.7. The van der Waals surface area contributed by atoms with E-state index in [0.717, 1.165) is 25.7 Å². The summed E-state index contributed by atoms with van der Waals surface area (Å²) in [5, 5.41) is 4.87. The molecule has 3 fully saturated rings. The van der Waals surface area contributed by atoms with Gasteiger partial charge in [-0.15, -0.1) is 11.3 Å². The van der Waals surface area contributed by atoms with Crippen LogP contribution in [0.1, 0.15) is 58.8 Å². The number of nitrogens with zero attached hydrogens (tertiary/aromatic N) is 2. The summed E-state index contributed by atoms with van der Waals surface area (Å²) < 4.78 is 19.3. The lowest BCUT2D eigenvalue weighted by Crippen LogP contribution is -2.40. The SMILES string of the molecule is O=C(NC1CCS(O)(O)CC1)c1nc(C(=O)N2C3CCC2CC3)cs1. The molecule has 0 spiro atoms. The molecule has 3 N–H and O–H groups in total. The molecule has 138 valence electrons. The predicted molar refractivity (Wildman–Crippen MR) is 97.4 cm³/mol. The van der Waals surface area contributed by atoms with Gasteiger partial charge in [0.15, 0.2) is 5.01 Å². The summed E-state index contributed by atoms with van der Waals surface area (Å²) in [6, 6.07) is 0.627. The molecule has 1 aromatic rings. The highest BCUT2D eigenvalue weighted by Gasteiger charge is 2.43. The van der Waals surface area contributed by atoms with Crippen LogP contribution in [0.15, 0.2) is 5.38 Å². The highest BCUT2D eigenvalue weighted by molar-refractivity contribution is 8.24. The van der Waals surface area contributed by atoms with Crippen LogP contribution in [0.2, 0.25) is 0 Å². The topological polar surface area (TPSA) is 103 Å². The van der Waals surface area contributed by atoms with Gasteiger partial charge in [0.25, 0.3) is 11.8 Å². The fourth-order valence-electron chi connectivity index (χ4n) is 4.15. The van der Waals surface area contributed by atoms with E-state index in [1.165, 1.54) is 11.3 Å². The second-order valence-corrected chi connectivity index (χ2v) is 10.4. The van der Waals surface area contributed by atoms with E-state index in [2.05, 4.69) is 10.3 Å². The van der Waals surface area contributed by atoms with Gasteiger partial charge in [0.2, 0.25) is 0 Å². The molecular weight excluding hydrogens is 362 g/mol. The van der Waals surface area contributed by atoms with Gasteiger partial charge in [-0.25, -0.2) is 4.98 Å². The smallest absolute Gasteiger partial charge is 0.280 e. The first-order valence-electron chi connectivity index (χ1n) is 8.75. The molecule has 25 heavy (non-hydrogen) atoms. The Morgan fingerprint density at radius 3 is 2.32 bits per heavy atom. The summed E-state index contributed by atoms with van der Waals surface area (Å²) in [7, 11) is -2.45. The number of carbonyl (C=O) groups is 2. The number of fused-ring (bicyclic) bond motifs is 2. The third kappa shape index (κ3) is 3.42. The molecule has 7 nitrogen and oxygen atoms in total. The molecule has 0 unspecified atom stereocenters. The summed E-state index contributed by atoms with van der Waals surface area (Å²) in [6.45, 7) is 0. The van der Waals surface area contributed by atoms with Crippen molar-refractivity contribution < 1.29 is 18.7 Å². The second-order valence-electron chi connectivity index (χ2n) is 7.17. The molecule has 0 aromatic carbocycles. The van der Waals surface area contributed by atoms with Crippen LogP contribution < -0.4 is 5.32 Å². The average molecular weight is 386 g/mol. The fraction of sp³-hybridized carbons (Fsp3) is 0.688. The van der Waals surface area contributed by atoms with E-state index in [0.29, 0.717) is 47.1 Å². The number of hydrogen-bond donors (Lipinski definition) is 3. The van der Waals surface area contributed by atoms with Gasteiger partial charge in [0.1, 0.15) is 5.69 Å². The van der Waals surface area contributed by atoms with Gasteiger partial charge in [0, 0.05) is 35.0 Å². The molecule has 3 saturated heterocycles. The Morgan fingerprint density at radius 1 is 1.12 bits per heavy atom. The normalized spacial score (nSPS) is 29.6. The van der Waals surface area contributed by atoms with Gasteiger partial charge >= 0.3 is 0 Å². The van der Waals surface area contributed by atoms with Crippen molar-refractivity contribution in [3.8, 4) is 0 Å². The van der Waals surface area contributed by atoms with Crippen LogP contribution in [0.3, 0.4) is 0 Å². The lowest BCUT2D eigenvalue weighted by Gasteiger charge is -2.39. The molecule has 3 aliphatic heterocycles. The molecule has 4 rings (SSSR count). The van der Waals surface area contributed by atoms with Crippen molar-refractivity contribution in [1.29, 1.82) is 0 Å². The first kappa shape index (κ1) is 17.3.